The zero-order valence-electron chi connectivity index (χ0n) is 13.7. The number of aryl methyl sites for hydroxylation is 1. The van der Waals surface area contributed by atoms with Gasteiger partial charge in [0.15, 0.2) is 12.4 Å². The quantitative estimate of drug-likeness (QED) is 0.494. The molecule has 1 N–H and O–H groups in total. The van der Waals surface area contributed by atoms with Crippen molar-refractivity contribution < 1.29 is 19.1 Å². The van der Waals surface area contributed by atoms with E-state index in [1.165, 1.54) is 29.3 Å². The molecular formula is C17H18N2O4S. The summed E-state index contributed by atoms with van der Waals surface area (Å²) < 4.78 is 6.52. The number of rotatable bonds is 6. The van der Waals surface area contributed by atoms with Crippen molar-refractivity contribution in [2.45, 2.75) is 11.8 Å². The summed E-state index contributed by atoms with van der Waals surface area (Å²) >= 11 is 1.51. The van der Waals surface area contributed by atoms with Crippen molar-refractivity contribution in [3.8, 4) is 0 Å². The summed E-state index contributed by atoms with van der Waals surface area (Å²) in [5.41, 5.74) is 1.31. The molecule has 24 heavy (non-hydrogen) atoms. The van der Waals surface area contributed by atoms with Crippen LogP contribution in [0.2, 0.25) is 0 Å². The van der Waals surface area contributed by atoms with E-state index < -0.39 is 18.5 Å². The van der Waals surface area contributed by atoms with Crippen molar-refractivity contribution in [1.82, 2.24) is 4.57 Å². The van der Waals surface area contributed by atoms with Crippen molar-refractivity contribution >= 4 is 35.1 Å². The molecule has 1 heterocycles. The van der Waals surface area contributed by atoms with Crippen LogP contribution in [0.5, 0.6) is 0 Å². The lowest BCUT2D eigenvalue weighted by molar-refractivity contribution is -0.119. The maximum absolute atomic E-state index is 12.0. The van der Waals surface area contributed by atoms with Crippen molar-refractivity contribution in [1.29, 1.82) is 0 Å². The standard InChI is InChI=1S/C17H18N2O4S/c1-11(20)12-8-14(19(2)9-12)17(22)23-10-16(21)18-13-6-4-5-7-15(13)24-3/h4-9H,10H2,1-3H3,(H,18,21). The predicted octanol–water partition coefficient (Wildman–Crippen LogP) is 2.75. The SMILES string of the molecule is CSc1ccccc1NC(=O)COC(=O)c1cc(C(C)=O)cn1C. The molecule has 0 unspecified atom stereocenters. The predicted molar refractivity (Wildman–Crippen MR) is 92.6 cm³/mol. The van der Waals surface area contributed by atoms with E-state index in [9.17, 15) is 14.4 Å². The molecular weight excluding hydrogens is 328 g/mol. The largest absolute Gasteiger partial charge is 0.451 e. The summed E-state index contributed by atoms with van der Waals surface area (Å²) in [5, 5.41) is 2.71. The summed E-state index contributed by atoms with van der Waals surface area (Å²) in [7, 11) is 1.64. The molecule has 7 heteroatoms. The number of esters is 1. The molecule has 0 saturated carbocycles. The number of anilines is 1. The van der Waals surface area contributed by atoms with E-state index >= 15 is 0 Å². The van der Waals surface area contributed by atoms with E-state index in [4.69, 9.17) is 4.74 Å². The Hall–Kier alpha value is -2.54. The van der Waals surface area contributed by atoms with E-state index in [-0.39, 0.29) is 11.5 Å². The highest BCUT2D eigenvalue weighted by Crippen LogP contribution is 2.24. The van der Waals surface area contributed by atoms with Crippen LogP contribution in [0.25, 0.3) is 0 Å². The van der Waals surface area contributed by atoms with Gasteiger partial charge >= 0.3 is 5.97 Å². The van der Waals surface area contributed by atoms with Crippen molar-refractivity contribution in [2.24, 2.45) is 7.05 Å². The molecule has 0 bridgehead atoms. The van der Waals surface area contributed by atoms with Gasteiger partial charge < -0.3 is 14.6 Å². The zero-order valence-corrected chi connectivity index (χ0v) is 14.5. The first-order valence-electron chi connectivity index (χ1n) is 7.19. The molecule has 1 aromatic heterocycles. The van der Waals surface area contributed by atoms with Gasteiger partial charge in [0.25, 0.3) is 5.91 Å². The number of hydrogen-bond acceptors (Lipinski definition) is 5. The number of thioether (sulfide) groups is 1. The Balaban J connectivity index is 1.96. The second-order valence-corrected chi connectivity index (χ2v) is 5.95. The van der Waals surface area contributed by atoms with E-state index in [0.29, 0.717) is 11.3 Å². The molecule has 0 aliphatic carbocycles. The Morgan fingerprint density at radius 3 is 2.58 bits per heavy atom. The average molecular weight is 346 g/mol. The van der Waals surface area contributed by atoms with Gasteiger partial charge in [0.05, 0.1) is 5.69 Å². The third-order valence-electron chi connectivity index (χ3n) is 3.34. The van der Waals surface area contributed by atoms with Crippen LogP contribution in [0.4, 0.5) is 5.69 Å². The maximum atomic E-state index is 12.0. The van der Waals surface area contributed by atoms with Crippen LogP contribution in [0.15, 0.2) is 41.4 Å². The first-order chi connectivity index (χ1) is 11.4. The smallest absolute Gasteiger partial charge is 0.355 e. The summed E-state index contributed by atoms with van der Waals surface area (Å²) in [6.45, 7) is 1.02. The Labute approximate surface area is 144 Å². The number of hydrogen-bond donors (Lipinski definition) is 1. The van der Waals surface area contributed by atoms with Crippen LogP contribution in [0.3, 0.4) is 0 Å². The maximum Gasteiger partial charge on any atom is 0.355 e. The minimum Gasteiger partial charge on any atom is -0.451 e. The number of ether oxygens (including phenoxy) is 1. The van der Waals surface area contributed by atoms with Crippen LogP contribution in [0, 0.1) is 0 Å². The van der Waals surface area contributed by atoms with Crippen LogP contribution >= 0.6 is 11.8 Å². The molecule has 2 aromatic rings. The number of nitrogens with zero attached hydrogens (tertiary/aromatic N) is 1. The molecule has 2 rings (SSSR count). The van der Waals surface area contributed by atoms with E-state index in [2.05, 4.69) is 5.32 Å². The lowest BCUT2D eigenvalue weighted by Crippen LogP contribution is -2.22. The van der Waals surface area contributed by atoms with Gasteiger partial charge in [-0.25, -0.2) is 4.79 Å². The molecule has 0 fully saturated rings. The molecule has 0 saturated heterocycles. The molecule has 0 radical (unpaired) electrons. The third-order valence-corrected chi connectivity index (χ3v) is 4.13. The Morgan fingerprint density at radius 2 is 1.96 bits per heavy atom. The first-order valence-corrected chi connectivity index (χ1v) is 8.42. The summed E-state index contributed by atoms with van der Waals surface area (Å²) in [5.74, 6) is -1.22. The summed E-state index contributed by atoms with van der Waals surface area (Å²) in [6, 6.07) is 8.81. The van der Waals surface area contributed by atoms with Crippen LogP contribution in [0.1, 0.15) is 27.8 Å². The van der Waals surface area contributed by atoms with Gasteiger partial charge in [0.1, 0.15) is 5.69 Å². The minimum atomic E-state index is -0.654. The highest BCUT2D eigenvalue weighted by atomic mass is 32.2. The second kappa shape index (κ2) is 7.83. The number of carbonyl (C=O) groups is 3. The molecule has 6 nitrogen and oxygen atoms in total. The number of Topliss-reactive ketones (excluding diaryl/α,β-unsaturated/α-hetero) is 1. The third kappa shape index (κ3) is 4.26. The molecule has 1 amide bonds. The van der Waals surface area contributed by atoms with Gasteiger partial charge in [-0.15, -0.1) is 11.8 Å². The molecule has 0 aliphatic heterocycles. The van der Waals surface area contributed by atoms with E-state index in [0.717, 1.165) is 4.90 Å². The number of nitrogens with one attached hydrogen (secondary N) is 1. The number of carbonyl (C=O) groups excluding carboxylic acids is 3. The average Bonchev–Trinajstić information content (AvgIpc) is 2.95. The van der Waals surface area contributed by atoms with Gasteiger partial charge in [0, 0.05) is 23.7 Å². The number of amides is 1. The highest BCUT2D eigenvalue weighted by molar-refractivity contribution is 7.98. The van der Waals surface area contributed by atoms with Gasteiger partial charge in [0.2, 0.25) is 0 Å². The Bertz CT molecular complexity index is 783. The fraction of sp³-hybridized carbons (Fsp3) is 0.235. The summed E-state index contributed by atoms with van der Waals surface area (Å²) in [4.78, 5) is 36.3. The number of benzene rings is 1. The number of para-hydroxylation sites is 1. The van der Waals surface area contributed by atoms with E-state index in [1.807, 2.05) is 24.5 Å². The molecule has 0 atom stereocenters. The van der Waals surface area contributed by atoms with Crippen LogP contribution < -0.4 is 5.32 Å². The van der Waals surface area contributed by atoms with Crippen LogP contribution in [-0.4, -0.2) is 35.1 Å². The minimum absolute atomic E-state index is 0.143. The number of ketones is 1. The van der Waals surface area contributed by atoms with Crippen molar-refractivity contribution in [3.05, 3.63) is 47.8 Å². The fourth-order valence-corrected chi connectivity index (χ4v) is 2.65. The number of aromatic nitrogens is 1. The topological polar surface area (TPSA) is 77.4 Å². The molecule has 0 aliphatic rings. The Kier molecular flexibility index (Phi) is 5.81. The van der Waals surface area contributed by atoms with E-state index in [1.54, 1.807) is 19.3 Å². The zero-order chi connectivity index (χ0) is 17.7. The highest BCUT2D eigenvalue weighted by Gasteiger charge is 2.16. The lowest BCUT2D eigenvalue weighted by atomic mass is 10.2. The van der Waals surface area contributed by atoms with Crippen LogP contribution in [-0.2, 0) is 16.6 Å². The van der Waals surface area contributed by atoms with Gasteiger partial charge in [-0.2, -0.15) is 0 Å². The fourth-order valence-electron chi connectivity index (χ4n) is 2.10. The van der Waals surface area contributed by atoms with Crippen molar-refractivity contribution in [3.63, 3.8) is 0 Å². The molecule has 126 valence electrons. The Morgan fingerprint density at radius 1 is 1.25 bits per heavy atom. The second-order valence-electron chi connectivity index (χ2n) is 5.11. The van der Waals surface area contributed by atoms with Crippen molar-refractivity contribution in [2.75, 3.05) is 18.2 Å². The first kappa shape index (κ1) is 17.8. The van der Waals surface area contributed by atoms with Gasteiger partial charge in [-0.05, 0) is 31.4 Å². The van der Waals surface area contributed by atoms with Gasteiger partial charge in [-0.1, -0.05) is 12.1 Å². The summed E-state index contributed by atoms with van der Waals surface area (Å²) in [6.07, 6.45) is 3.46. The lowest BCUT2D eigenvalue weighted by Gasteiger charge is -2.09. The molecule has 0 spiro atoms. The monoisotopic (exact) mass is 346 g/mol. The normalized spacial score (nSPS) is 10.3. The molecule has 1 aromatic carbocycles. The van der Waals surface area contributed by atoms with Gasteiger partial charge in [-0.3, -0.25) is 9.59 Å².